The summed E-state index contributed by atoms with van der Waals surface area (Å²) in [6.45, 7) is 12.3. The molecule has 0 bridgehead atoms. The first-order valence-corrected chi connectivity index (χ1v) is 13.3. The van der Waals surface area contributed by atoms with E-state index in [0.717, 1.165) is 57.7 Å². The molecule has 2 atom stereocenters. The lowest BCUT2D eigenvalue weighted by atomic mass is 9.82. The zero-order valence-electron chi connectivity index (χ0n) is 21.5. The monoisotopic (exact) mass is 484 g/mol. The Labute approximate surface area is 209 Å². The van der Waals surface area contributed by atoms with Gasteiger partial charge in [0.15, 0.2) is 0 Å². The third kappa shape index (κ3) is 5.61. The SMILES string of the molecule is CCn1nccc1C1CCN(C[C@H]2CN(CC(CC)(CC)C(=O)O)C[C@@H]2c2cccc(F)c2)CC1. The average molecular weight is 485 g/mol. The molecule has 2 aromatic rings. The minimum atomic E-state index is -0.720. The lowest BCUT2D eigenvalue weighted by Crippen LogP contribution is -2.42. The van der Waals surface area contributed by atoms with Crippen molar-refractivity contribution in [3.8, 4) is 0 Å². The maximum Gasteiger partial charge on any atom is 0.310 e. The molecule has 2 saturated heterocycles. The molecule has 1 aromatic heterocycles. The van der Waals surface area contributed by atoms with Gasteiger partial charge >= 0.3 is 5.97 Å². The Balaban J connectivity index is 1.46. The first kappa shape index (κ1) is 25.8. The van der Waals surface area contributed by atoms with E-state index in [0.29, 0.717) is 31.2 Å². The molecule has 6 nitrogen and oxygen atoms in total. The first-order valence-electron chi connectivity index (χ1n) is 13.3. The highest BCUT2D eigenvalue weighted by Crippen LogP contribution is 2.38. The molecule has 0 spiro atoms. The molecular weight excluding hydrogens is 443 g/mol. The van der Waals surface area contributed by atoms with Crippen LogP contribution < -0.4 is 0 Å². The second-order valence-electron chi connectivity index (χ2n) is 10.6. The molecule has 0 aliphatic carbocycles. The summed E-state index contributed by atoms with van der Waals surface area (Å²) < 4.78 is 16.2. The predicted molar refractivity (Wildman–Crippen MR) is 136 cm³/mol. The van der Waals surface area contributed by atoms with Gasteiger partial charge in [-0.15, -0.1) is 0 Å². The van der Waals surface area contributed by atoms with E-state index in [1.165, 1.54) is 11.8 Å². The quantitative estimate of drug-likeness (QED) is 0.524. The molecular formula is C28H41FN4O2. The Hall–Kier alpha value is -2.25. The van der Waals surface area contributed by atoms with Crippen molar-refractivity contribution in [3.05, 3.63) is 53.6 Å². The van der Waals surface area contributed by atoms with Crippen LogP contribution in [0.5, 0.6) is 0 Å². The van der Waals surface area contributed by atoms with Crippen molar-refractivity contribution in [3.63, 3.8) is 0 Å². The van der Waals surface area contributed by atoms with E-state index >= 15 is 0 Å². The molecule has 1 aromatic carbocycles. The zero-order chi connectivity index (χ0) is 25.0. The predicted octanol–water partition coefficient (Wildman–Crippen LogP) is 4.83. The van der Waals surface area contributed by atoms with Gasteiger partial charge in [0.05, 0.1) is 5.41 Å². The van der Waals surface area contributed by atoms with Crippen molar-refractivity contribution >= 4 is 5.97 Å². The fourth-order valence-corrected chi connectivity index (χ4v) is 6.36. The van der Waals surface area contributed by atoms with Crippen LogP contribution in [0.4, 0.5) is 4.39 Å². The number of halogens is 1. The molecule has 3 heterocycles. The van der Waals surface area contributed by atoms with Crippen LogP contribution in [0.15, 0.2) is 36.5 Å². The summed E-state index contributed by atoms with van der Waals surface area (Å²) >= 11 is 0. The fourth-order valence-electron chi connectivity index (χ4n) is 6.36. The Morgan fingerprint density at radius 2 is 1.86 bits per heavy atom. The summed E-state index contributed by atoms with van der Waals surface area (Å²) in [5.41, 5.74) is 1.66. The largest absolute Gasteiger partial charge is 0.481 e. The van der Waals surface area contributed by atoms with Gasteiger partial charge in [0.1, 0.15) is 5.82 Å². The van der Waals surface area contributed by atoms with E-state index in [1.54, 1.807) is 12.1 Å². The highest BCUT2D eigenvalue weighted by molar-refractivity contribution is 5.74. The Morgan fingerprint density at radius 3 is 2.49 bits per heavy atom. The standard InChI is InChI=1S/C28H41FN4O2/c1-4-28(5-2,27(34)35)20-32-18-23(25(19-32)22-8-7-9-24(29)16-22)17-31-14-11-21(12-15-31)26-10-13-30-33(26)6-3/h7-10,13,16,21,23,25H,4-6,11-12,14-15,17-20H2,1-3H3,(H,34,35)/t23-,25+/m0/s1. The maximum absolute atomic E-state index is 14.1. The van der Waals surface area contributed by atoms with Crippen molar-refractivity contribution in [1.82, 2.24) is 19.6 Å². The van der Waals surface area contributed by atoms with Crippen molar-refractivity contribution in [2.24, 2.45) is 11.3 Å². The molecule has 35 heavy (non-hydrogen) atoms. The van der Waals surface area contributed by atoms with Crippen molar-refractivity contribution in [1.29, 1.82) is 0 Å². The number of hydrogen-bond acceptors (Lipinski definition) is 4. The van der Waals surface area contributed by atoms with Crippen molar-refractivity contribution in [2.45, 2.75) is 64.8 Å². The summed E-state index contributed by atoms with van der Waals surface area (Å²) in [7, 11) is 0. The van der Waals surface area contributed by atoms with Crippen LogP contribution in [0.25, 0.3) is 0 Å². The van der Waals surface area contributed by atoms with Crippen LogP contribution >= 0.6 is 0 Å². The van der Waals surface area contributed by atoms with Gasteiger partial charge in [0, 0.05) is 56.5 Å². The molecule has 0 unspecified atom stereocenters. The summed E-state index contributed by atoms with van der Waals surface area (Å²) in [5, 5.41) is 14.4. The molecule has 1 N–H and O–H groups in total. The highest BCUT2D eigenvalue weighted by atomic mass is 19.1. The van der Waals surface area contributed by atoms with Crippen molar-refractivity contribution in [2.75, 3.05) is 39.3 Å². The molecule has 0 saturated carbocycles. The average Bonchev–Trinajstić information content (AvgIpc) is 3.50. The van der Waals surface area contributed by atoms with Crippen LogP contribution in [0, 0.1) is 17.2 Å². The number of hydrogen-bond donors (Lipinski definition) is 1. The van der Waals surface area contributed by atoms with Crippen molar-refractivity contribution < 1.29 is 14.3 Å². The number of carboxylic acids is 1. The topological polar surface area (TPSA) is 61.6 Å². The van der Waals surface area contributed by atoms with E-state index in [1.807, 2.05) is 26.1 Å². The molecule has 2 aliphatic rings. The van der Waals surface area contributed by atoms with Gasteiger partial charge in [-0.2, -0.15) is 5.10 Å². The Kier molecular flexibility index (Phi) is 8.27. The molecule has 2 aliphatic heterocycles. The van der Waals surface area contributed by atoms with Gasteiger partial charge < -0.3 is 14.9 Å². The summed E-state index contributed by atoms with van der Waals surface area (Å²) in [6.07, 6.45) is 5.39. The van der Waals surface area contributed by atoms with Crippen LogP contribution in [-0.4, -0.2) is 69.9 Å². The zero-order valence-corrected chi connectivity index (χ0v) is 21.5. The van der Waals surface area contributed by atoms with Crippen LogP contribution in [0.1, 0.15) is 69.5 Å². The summed E-state index contributed by atoms with van der Waals surface area (Å²) in [5.74, 6) is 0.217. The van der Waals surface area contributed by atoms with Crippen LogP contribution in [-0.2, 0) is 11.3 Å². The number of likely N-dealkylation sites (tertiary alicyclic amines) is 2. The molecule has 0 radical (unpaired) electrons. The number of carboxylic acid groups (broad SMARTS) is 1. The number of nitrogens with zero attached hydrogens (tertiary/aromatic N) is 4. The van der Waals surface area contributed by atoms with Gasteiger partial charge in [-0.25, -0.2) is 4.39 Å². The third-order valence-corrected chi connectivity index (χ3v) is 8.67. The molecule has 4 rings (SSSR count). The van der Waals surface area contributed by atoms with E-state index < -0.39 is 11.4 Å². The second-order valence-corrected chi connectivity index (χ2v) is 10.6. The lowest BCUT2D eigenvalue weighted by molar-refractivity contribution is -0.150. The van der Waals surface area contributed by atoms with Gasteiger partial charge in [-0.3, -0.25) is 9.48 Å². The van der Waals surface area contributed by atoms with Crippen LogP contribution in [0.2, 0.25) is 0 Å². The summed E-state index contributed by atoms with van der Waals surface area (Å²) in [4.78, 5) is 17.0. The fraction of sp³-hybridized carbons (Fsp3) is 0.643. The van der Waals surface area contributed by atoms with Gasteiger partial charge in [0.2, 0.25) is 0 Å². The highest BCUT2D eigenvalue weighted by Gasteiger charge is 2.42. The van der Waals surface area contributed by atoms with Crippen LogP contribution in [0.3, 0.4) is 0 Å². The number of piperidine rings is 1. The molecule has 7 heteroatoms. The number of carbonyl (C=O) groups is 1. The second kappa shape index (κ2) is 11.2. The number of aliphatic carboxylic acids is 1. The summed E-state index contributed by atoms with van der Waals surface area (Å²) in [6, 6.07) is 9.16. The maximum atomic E-state index is 14.1. The van der Waals surface area contributed by atoms with E-state index in [-0.39, 0.29) is 11.7 Å². The minimum Gasteiger partial charge on any atom is -0.481 e. The Morgan fingerprint density at radius 1 is 1.11 bits per heavy atom. The number of aryl methyl sites for hydroxylation is 1. The van der Waals surface area contributed by atoms with Gasteiger partial charge in [-0.05, 0) is 75.4 Å². The first-order chi connectivity index (χ1) is 16.9. The minimum absolute atomic E-state index is 0.199. The normalized spacial score (nSPS) is 22.6. The van der Waals surface area contributed by atoms with Gasteiger partial charge in [-0.1, -0.05) is 26.0 Å². The smallest absolute Gasteiger partial charge is 0.310 e. The van der Waals surface area contributed by atoms with E-state index in [4.69, 9.17) is 0 Å². The third-order valence-electron chi connectivity index (χ3n) is 8.67. The Bertz CT molecular complexity index is 981. The molecule has 192 valence electrons. The number of rotatable bonds is 10. The lowest BCUT2D eigenvalue weighted by Gasteiger charge is -2.35. The van der Waals surface area contributed by atoms with E-state index in [2.05, 4.69) is 32.6 Å². The number of aromatic nitrogens is 2. The number of benzene rings is 1. The molecule has 0 amide bonds. The van der Waals surface area contributed by atoms with Gasteiger partial charge in [0.25, 0.3) is 0 Å². The van der Waals surface area contributed by atoms with E-state index in [9.17, 15) is 14.3 Å². The molecule has 2 fully saturated rings.